The number of nitrogens with zero attached hydrogens (tertiary/aromatic N) is 1. The van der Waals surface area contributed by atoms with E-state index in [4.69, 9.17) is 21.1 Å². The quantitative estimate of drug-likeness (QED) is 0.778. The van der Waals surface area contributed by atoms with Gasteiger partial charge in [-0.25, -0.2) is 4.39 Å². The lowest BCUT2D eigenvalue weighted by Gasteiger charge is -2.22. The van der Waals surface area contributed by atoms with Crippen LogP contribution < -0.4 is 14.8 Å². The van der Waals surface area contributed by atoms with Crippen molar-refractivity contribution < 1.29 is 23.5 Å². The van der Waals surface area contributed by atoms with E-state index in [-0.39, 0.29) is 34.3 Å². The van der Waals surface area contributed by atoms with Crippen molar-refractivity contribution >= 4 is 35.2 Å². The summed E-state index contributed by atoms with van der Waals surface area (Å²) in [5.74, 6) is 0.142. The predicted molar refractivity (Wildman–Crippen MR) is 108 cm³/mol. The zero-order chi connectivity index (χ0) is 20.7. The number of carbonyl (C=O) groups is 2. The number of hydrogen-bond acceptors (Lipinski definition) is 5. The molecule has 0 bridgehead atoms. The highest BCUT2D eigenvalue weighted by Gasteiger charge is 2.50. The molecule has 2 heterocycles. The molecule has 1 fully saturated rings. The van der Waals surface area contributed by atoms with Crippen molar-refractivity contribution in [1.29, 1.82) is 0 Å². The molecule has 2 aromatic rings. The second-order valence-corrected chi connectivity index (χ2v) is 8.12. The first-order chi connectivity index (χ1) is 14.0. The molecule has 4 rings (SSSR count). The third kappa shape index (κ3) is 3.20. The normalized spacial score (nSPS) is 19.7. The molecule has 0 aliphatic carbocycles. The Hall–Kier alpha value is -2.45. The molecule has 1 N–H and O–H groups in total. The topological polar surface area (TPSA) is 67.9 Å². The van der Waals surface area contributed by atoms with Crippen molar-refractivity contribution in [1.82, 2.24) is 10.2 Å². The smallest absolute Gasteiger partial charge is 0.260 e. The molecule has 2 aliphatic heterocycles. The molecule has 0 saturated carbocycles. The van der Waals surface area contributed by atoms with E-state index in [1.165, 1.54) is 38.1 Å². The number of halogens is 2. The zero-order valence-corrected chi connectivity index (χ0v) is 17.3. The van der Waals surface area contributed by atoms with E-state index in [0.717, 1.165) is 5.56 Å². The molecule has 2 aromatic carbocycles. The number of carbonyl (C=O) groups excluding carboxylic acids is 2. The van der Waals surface area contributed by atoms with Crippen molar-refractivity contribution in [2.45, 2.75) is 18.0 Å². The molecule has 0 radical (unpaired) electrons. The maximum atomic E-state index is 14.0. The number of nitrogens with one attached hydrogen (secondary N) is 1. The summed E-state index contributed by atoms with van der Waals surface area (Å²) >= 11 is 7.53. The summed E-state index contributed by atoms with van der Waals surface area (Å²) in [7, 11) is 2.98. The number of amides is 2. The van der Waals surface area contributed by atoms with E-state index < -0.39 is 11.9 Å². The van der Waals surface area contributed by atoms with Gasteiger partial charge in [0.25, 0.3) is 5.91 Å². The summed E-state index contributed by atoms with van der Waals surface area (Å²) in [5.41, 5.74) is 1.43. The molecule has 2 aliphatic rings. The summed E-state index contributed by atoms with van der Waals surface area (Å²) in [6.07, 6.45) is 0. The Kier molecular flexibility index (Phi) is 5.31. The molecule has 9 heteroatoms. The number of hydrogen-bond donors (Lipinski definition) is 1. The van der Waals surface area contributed by atoms with Crippen LogP contribution in [0.4, 0.5) is 4.39 Å². The third-order valence-corrected chi connectivity index (χ3v) is 6.76. The summed E-state index contributed by atoms with van der Waals surface area (Å²) in [6, 6.07) is 7.26. The second-order valence-electron chi connectivity index (χ2n) is 6.60. The van der Waals surface area contributed by atoms with Crippen molar-refractivity contribution in [3.63, 3.8) is 0 Å². The van der Waals surface area contributed by atoms with Crippen LogP contribution in [0.1, 0.15) is 26.9 Å². The number of ether oxygens (including phenoxy) is 2. The number of methoxy groups -OCH3 is 2. The first-order valence-electron chi connectivity index (χ1n) is 8.87. The lowest BCUT2D eigenvalue weighted by Crippen LogP contribution is -2.45. The molecular weight excluding hydrogens is 419 g/mol. The van der Waals surface area contributed by atoms with Crippen molar-refractivity contribution in [2.24, 2.45) is 0 Å². The van der Waals surface area contributed by atoms with E-state index in [1.54, 1.807) is 17.0 Å². The average molecular weight is 437 g/mol. The van der Waals surface area contributed by atoms with E-state index in [9.17, 15) is 14.0 Å². The van der Waals surface area contributed by atoms with Gasteiger partial charge in [-0.15, -0.1) is 11.8 Å². The Morgan fingerprint density at radius 2 is 2.10 bits per heavy atom. The molecule has 2 amide bonds. The summed E-state index contributed by atoms with van der Waals surface area (Å²) in [4.78, 5) is 27.5. The summed E-state index contributed by atoms with van der Waals surface area (Å²) < 4.78 is 24.6. The maximum Gasteiger partial charge on any atom is 0.260 e. The Morgan fingerprint density at radius 1 is 1.31 bits per heavy atom. The molecule has 0 spiro atoms. The van der Waals surface area contributed by atoms with Crippen LogP contribution in [-0.4, -0.2) is 42.7 Å². The number of fused-ring (bicyclic) bond motifs is 3. The maximum absolute atomic E-state index is 14.0. The average Bonchev–Trinajstić information content (AvgIpc) is 3.27. The van der Waals surface area contributed by atoms with Crippen LogP contribution in [-0.2, 0) is 11.3 Å². The van der Waals surface area contributed by atoms with E-state index in [1.807, 2.05) is 6.07 Å². The summed E-state index contributed by atoms with van der Waals surface area (Å²) in [5, 5.41) is 2.68. The van der Waals surface area contributed by atoms with E-state index in [0.29, 0.717) is 22.8 Å². The molecule has 2 atom stereocenters. The van der Waals surface area contributed by atoms with Gasteiger partial charge >= 0.3 is 0 Å². The molecule has 1 saturated heterocycles. The van der Waals surface area contributed by atoms with Crippen LogP contribution in [0.2, 0.25) is 5.02 Å². The van der Waals surface area contributed by atoms with Crippen molar-refractivity contribution in [3.8, 4) is 11.5 Å². The predicted octanol–water partition coefficient (Wildman–Crippen LogP) is 3.38. The van der Waals surface area contributed by atoms with Crippen LogP contribution in [0.5, 0.6) is 11.5 Å². The van der Waals surface area contributed by atoms with Gasteiger partial charge in [0.1, 0.15) is 17.2 Å². The Morgan fingerprint density at radius 3 is 2.79 bits per heavy atom. The monoisotopic (exact) mass is 436 g/mol. The van der Waals surface area contributed by atoms with Gasteiger partial charge in [-0.05, 0) is 18.2 Å². The minimum Gasteiger partial charge on any atom is -0.493 e. The molecule has 0 aromatic heterocycles. The van der Waals surface area contributed by atoms with Gasteiger partial charge in [0.15, 0.2) is 11.5 Å². The molecule has 152 valence electrons. The van der Waals surface area contributed by atoms with Crippen LogP contribution in [0.15, 0.2) is 30.3 Å². The van der Waals surface area contributed by atoms with Gasteiger partial charge in [0.05, 0.1) is 19.8 Å². The van der Waals surface area contributed by atoms with E-state index in [2.05, 4.69) is 5.32 Å². The fraction of sp³-hybridized carbons (Fsp3) is 0.300. The Balaban J connectivity index is 1.56. The minimum absolute atomic E-state index is 0.0533. The molecule has 1 unspecified atom stereocenters. The first kappa shape index (κ1) is 19.8. The largest absolute Gasteiger partial charge is 0.493 e. The fourth-order valence-electron chi connectivity index (χ4n) is 3.69. The van der Waals surface area contributed by atoms with Gasteiger partial charge in [-0.3, -0.25) is 9.59 Å². The van der Waals surface area contributed by atoms with Crippen LogP contribution in [0, 0.1) is 5.82 Å². The summed E-state index contributed by atoms with van der Waals surface area (Å²) in [6.45, 7) is -0.0533. The third-order valence-electron chi connectivity index (χ3n) is 5.10. The van der Waals surface area contributed by atoms with Gasteiger partial charge < -0.3 is 19.7 Å². The Bertz CT molecular complexity index is 982. The highest BCUT2D eigenvalue weighted by molar-refractivity contribution is 7.99. The SMILES string of the molecule is COc1ccc2c(c1OC)C(=O)N1C2SC[C@H]1C(=O)NCc1c(F)cccc1Cl. The molecular formula is C20H18ClFN2O4S. The lowest BCUT2D eigenvalue weighted by molar-refractivity contribution is -0.124. The van der Waals surface area contributed by atoms with Crippen LogP contribution >= 0.6 is 23.4 Å². The Labute approximate surface area is 176 Å². The molecule has 29 heavy (non-hydrogen) atoms. The lowest BCUT2D eigenvalue weighted by atomic mass is 10.1. The standard InChI is InChI=1S/C20H18ClFN2O4S/c1-27-15-7-6-10-16(17(15)28-2)19(26)24-14(9-29-20(10)24)18(25)23-8-11-12(21)4-3-5-13(11)22/h3-7,14,20H,8-9H2,1-2H3,(H,23,25)/t14-,20?/m0/s1. The number of thioether (sulfide) groups is 1. The number of rotatable bonds is 5. The highest BCUT2D eigenvalue weighted by atomic mass is 35.5. The highest BCUT2D eigenvalue weighted by Crippen LogP contribution is 2.52. The molecule has 6 nitrogen and oxygen atoms in total. The van der Waals surface area contributed by atoms with Gasteiger partial charge in [0.2, 0.25) is 5.91 Å². The van der Waals surface area contributed by atoms with Crippen LogP contribution in [0.3, 0.4) is 0 Å². The van der Waals surface area contributed by atoms with Crippen molar-refractivity contribution in [2.75, 3.05) is 20.0 Å². The van der Waals surface area contributed by atoms with Crippen molar-refractivity contribution in [3.05, 3.63) is 57.9 Å². The minimum atomic E-state index is -0.675. The number of benzene rings is 2. The van der Waals surface area contributed by atoms with Gasteiger partial charge in [-0.1, -0.05) is 23.7 Å². The zero-order valence-electron chi connectivity index (χ0n) is 15.7. The second kappa shape index (κ2) is 7.76. The fourth-order valence-corrected chi connectivity index (χ4v) is 5.37. The van der Waals surface area contributed by atoms with Crippen LogP contribution in [0.25, 0.3) is 0 Å². The first-order valence-corrected chi connectivity index (χ1v) is 10.3. The van der Waals surface area contributed by atoms with Gasteiger partial charge in [-0.2, -0.15) is 0 Å². The van der Waals surface area contributed by atoms with Gasteiger partial charge in [0, 0.05) is 28.4 Å². The van der Waals surface area contributed by atoms with E-state index >= 15 is 0 Å².